The fraction of sp³-hybridized carbons (Fsp3) is 0.250. The summed E-state index contributed by atoms with van der Waals surface area (Å²) in [5, 5.41) is 18.5. The standard InChI is InChI=1S/C16H16FNO4/c1-16(15(21)22)6-10(5-11(7-16)14(19)20)12-3-2-9(8-18)4-13(12)17/h2-6H,7-8,18H2,1H3,(H,19,20)(H,21,22). The molecule has 0 fully saturated rings. The van der Waals surface area contributed by atoms with Gasteiger partial charge in [0.1, 0.15) is 5.82 Å². The predicted octanol–water partition coefficient (Wildman–Crippen LogP) is 2.17. The Hall–Kier alpha value is -2.47. The van der Waals surface area contributed by atoms with Gasteiger partial charge in [0.05, 0.1) is 5.41 Å². The Labute approximate surface area is 126 Å². The highest BCUT2D eigenvalue weighted by Crippen LogP contribution is 2.38. The lowest BCUT2D eigenvalue weighted by molar-refractivity contribution is -0.145. The molecule has 1 aromatic carbocycles. The van der Waals surface area contributed by atoms with E-state index in [0.717, 1.165) is 0 Å². The van der Waals surface area contributed by atoms with E-state index in [1.165, 1.54) is 31.2 Å². The second kappa shape index (κ2) is 5.73. The Morgan fingerprint density at radius 3 is 2.55 bits per heavy atom. The Morgan fingerprint density at radius 2 is 2.05 bits per heavy atom. The molecule has 1 atom stereocenters. The van der Waals surface area contributed by atoms with Crippen molar-refractivity contribution in [2.45, 2.75) is 19.9 Å². The molecule has 0 amide bonds. The van der Waals surface area contributed by atoms with Crippen LogP contribution in [0.25, 0.3) is 5.57 Å². The molecule has 4 N–H and O–H groups in total. The summed E-state index contributed by atoms with van der Waals surface area (Å²) in [6, 6.07) is 4.37. The molecule has 116 valence electrons. The van der Waals surface area contributed by atoms with Crippen molar-refractivity contribution >= 4 is 17.5 Å². The van der Waals surface area contributed by atoms with E-state index in [0.29, 0.717) is 5.56 Å². The first-order valence-electron chi connectivity index (χ1n) is 6.66. The van der Waals surface area contributed by atoms with E-state index >= 15 is 0 Å². The van der Waals surface area contributed by atoms with Gasteiger partial charge in [-0.25, -0.2) is 9.18 Å². The van der Waals surface area contributed by atoms with E-state index in [1.54, 1.807) is 6.07 Å². The highest BCUT2D eigenvalue weighted by molar-refractivity contribution is 5.96. The fourth-order valence-corrected chi connectivity index (χ4v) is 2.42. The average molecular weight is 305 g/mol. The first-order valence-corrected chi connectivity index (χ1v) is 6.66. The van der Waals surface area contributed by atoms with Crippen LogP contribution in [0.1, 0.15) is 24.5 Å². The van der Waals surface area contributed by atoms with Crippen molar-refractivity contribution in [3.05, 3.63) is 52.9 Å². The summed E-state index contributed by atoms with van der Waals surface area (Å²) in [6.07, 6.45) is 2.56. The van der Waals surface area contributed by atoms with E-state index < -0.39 is 23.2 Å². The van der Waals surface area contributed by atoms with Gasteiger partial charge >= 0.3 is 11.9 Å². The highest BCUT2D eigenvalue weighted by Gasteiger charge is 2.37. The van der Waals surface area contributed by atoms with Crippen LogP contribution in [0.4, 0.5) is 4.39 Å². The number of hydrogen-bond acceptors (Lipinski definition) is 3. The molecule has 0 aliphatic heterocycles. The van der Waals surface area contributed by atoms with Crippen molar-refractivity contribution in [3.63, 3.8) is 0 Å². The van der Waals surface area contributed by atoms with E-state index in [-0.39, 0.29) is 29.7 Å². The Bertz CT molecular complexity index is 708. The maximum Gasteiger partial charge on any atom is 0.331 e. The number of carboxylic acid groups (broad SMARTS) is 2. The average Bonchev–Trinajstić information content (AvgIpc) is 2.46. The number of carboxylic acids is 2. The zero-order valence-electron chi connectivity index (χ0n) is 12.0. The van der Waals surface area contributed by atoms with Crippen LogP contribution in [0.15, 0.2) is 35.9 Å². The molecular formula is C16H16FNO4. The summed E-state index contributed by atoms with van der Waals surface area (Å²) < 4.78 is 14.2. The molecule has 6 heteroatoms. The topological polar surface area (TPSA) is 101 Å². The molecular weight excluding hydrogens is 289 g/mol. The Balaban J connectivity index is 2.57. The quantitative estimate of drug-likeness (QED) is 0.791. The van der Waals surface area contributed by atoms with E-state index in [9.17, 15) is 19.1 Å². The molecule has 5 nitrogen and oxygen atoms in total. The van der Waals surface area contributed by atoms with Gasteiger partial charge in [-0.05, 0) is 36.6 Å². The Kier molecular flexibility index (Phi) is 4.14. The Morgan fingerprint density at radius 1 is 1.36 bits per heavy atom. The van der Waals surface area contributed by atoms with E-state index in [4.69, 9.17) is 10.8 Å². The second-order valence-corrected chi connectivity index (χ2v) is 5.49. The molecule has 22 heavy (non-hydrogen) atoms. The van der Waals surface area contributed by atoms with Crippen molar-refractivity contribution in [1.29, 1.82) is 0 Å². The fourth-order valence-electron chi connectivity index (χ4n) is 2.42. The molecule has 0 radical (unpaired) electrons. The van der Waals surface area contributed by atoms with Gasteiger partial charge in [0.15, 0.2) is 0 Å². The summed E-state index contributed by atoms with van der Waals surface area (Å²) >= 11 is 0. The van der Waals surface area contributed by atoms with Gasteiger partial charge in [0, 0.05) is 17.7 Å². The van der Waals surface area contributed by atoms with E-state index in [2.05, 4.69) is 0 Å². The summed E-state index contributed by atoms with van der Waals surface area (Å²) in [4.78, 5) is 22.7. The molecule has 1 unspecified atom stereocenters. The lowest BCUT2D eigenvalue weighted by atomic mass is 9.76. The molecule has 0 bridgehead atoms. The van der Waals surface area contributed by atoms with Crippen molar-refractivity contribution in [3.8, 4) is 0 Å². The van der Waals surface area contributed by atoms with Crippen LogP contribution in [0.3, 0.4) is 0 Å². The summed E-state index contributed by atoms with van der Waals surface area (Å²) in [5.74, 6) is -2.93. The van der Waals surface area contributed by atoms with Gasteiger partial charge < -0.3 is 15.9 Å². The lowest BCUT2D eigenvalue weighted by Crippen LogP contribution is -2.29. The van der Waals surface area contributed by atoms with Crippen LogP contribution >= 0.6 is 0 Å². The summed E-state index contributed by atoms with van der Waals surface area (Å²) in [7, 11) is 0. The van der Waals surface area contributed by atoms with Gasteiger partial charge in [-0.2, -0.15) is 0 Å². The normalized spacial score (nSPS) is 21.0. The third-order valence-corrected chi connectivity index (χ3v) is 3.70. The monoisotopic (exact) mass is 305 g/mol. The van der Waals surface area contributed by atoms with Crippen LogP contribution in [0, 0.1) is 11.2 Å². The van der Waals surface area contributed by atoms with Gasteiger partial charge in [0.2, 0.25) is 0 Å². The minimum atomic E-state index is -1.39. The number of nitrogens with two attached hydrogens (primary N) is 1. The minimum absolute atomic E-state index is 0.0651. The molecule has 2 rings (SSSR count). The van der Waals surface area contributed by atoms with Crippen LogP contribution in [0.5, 0.6) is 0 Å². The SMILES string of the molecule is CC1(C(=O)O)C=C(c2ccc(CN)cc2F)C=C(C(=O)O)C1. The van der Waals surface area contributed by atoms with Crippen molar-refractivity contribution in [1.82, 2.24) is 0 Å². The maximum atomic E-state index is 14.2. The molecule has 1 aliphatic rings. The minimum Gasteiger partial charge on any atom is -0.481 e. The van der Waals surface area contributed by atoms with E-state index in [1.807, 2.05) is 0 Å². The number of carbonyl (C=O) groups is 2. The molecule has 0 aromatic heterocycles. The molecule has 1 aliphatic carbocycles. The van der Waals surface area contributed by atoms with Crippen LogP contribution in [-0.2, 0) is 16.1 Å². The maximum absolute atomic E-state index is 14.2. The molecule has 0 heterocycles. The number of halogens is 1. The third-order valence-electron chi connectivity index (χ3n) is 3.70. The van der Waals surface area contributed by atoms with Crippen LogP contribution in [-0.4, -0.2) is 22.2 Å². The zero-order valence-corrected chi connectivity index (χ0v) is 12.0. The van der Waals surface area contributed by atoms with Crippen molar-refractivity contribution < 1.29 is 24.2 Å². The first-order chi connectivity index (χ1) is 10.3. The van der Waals surface area contributed by atoms with Gasteiger partial charge in [0.25, 0.3) is 0 Å². The van der Waals surface area contributed by atoms with Crippen LogP contribution in [0.2, 0.25) is 0 Å². The molecule has 1 aromatic rings. The zero-order chi connectivity index (χ0) is 16.5. The van der Waals surface area contributed by atoms with Gasteiger partial charge in [-0.15, -0.1) is 0 Å². The van der Waals surface area contributed by atoms with Gasteiger partial charge in [-0.1, -0.05) is 18.2 Å². The van der Waals surface area contributed by atoms with Crippen molar-refractivity contribution in [2.75, 3.05) is 0 Å². The highest BCUT2D eigenvalue weighted by atomic mass is 19.1. The molecule has 0 saturated heterocycles. The third kappa shape index (κ3) is 2.92. The second-order valence-electron chi connectivity index (χ2n) is 5.49. The molecule has 0 saturated carbocycles. The number of benzene rings is 1. The van der Waals surface area contributed by atoms with Gasteiger partial charge in [-0.3, -0.25) is 4.79 Å². The number of aliphatic carboxylic acids is 2. The number of hydrogen-bond donors (Lipinski definition) is 3. The van der Waals surface area contributed by atoms with Crippen molar-refractivity contribution in [2.24, 2.45) is 11.1 Å². The number of allylic oxidation sites excluding steroid dienone is 2. The molecule has 0 spiro atoms. The largest absolute Gasteiger partial charge is 0.481 e. The number of rotatable bonds is 4. The smallest absolute Gasteiger partial charge is 0.331 e. The summed E-state index contributed by atoms with van der Waals surface area (Å²) in [6.45, 7) is 1.59. The predicted molar refractivity (Wildman–Crippen MR) is 78.3 cm³/mol. The lowest BCUT2D eigenvalue weighted by Gasteiger charge is -2.26. The van der Waals surface area contributed by atoms with Crippen LogP contribution < -0.4 is 5.73 Å². The summed E-state index contributed by atoms with van der Waals surface area (Å²) in [5.41, 5.74) is 4.98. The first kappa shape index (κ1) is 15.9.